The monoisotopic (exact) mass is 388 g/mol. The van der Waals surface area contributed by atoms with Crippen LogP contribution in [-0.4, -0.2) is 11.0 Å². The highest BCUT2D eigenvalue weighted by molar-refractivity contribution is 6.10. The second-order valence-corrected chi connectivity index (χ2v) is 7.19. The Balaban J connectivity index is 2.25. The van der Waals surface area contributed by atoms with Gasteiger partial charge in [-0.1, -0.05) is 45.0 Å². The average molecular weight is 388 g/mol. The van der Waals surface area contributed by atoms with Crippen molar-refractivity contribution in [3.05, 3.63) is 70.8 Å². The fourth-order valence-electron chi connectivity index (χ4n) is 2.42. The van der Waals surface area contributed by atoms with Crippen LogP contribution in [0.3, 0.4) is 0 Å². The van der Waals surface area contributed by atoms with Crippen molar-refractivity contribution in [3.8, 4) is 6.07 Å². The van der Waals surface area contributed by atoms with Crippen LogP contribution in [0.2, 0.25) is 0 Å². The Labute approximate surface area is 160 Å². The number of nitrogens with zero attached hydrogens (tertiary/aromatic N) is 1. The lowest BCUT2D eigenvalue weighted by atomic mass is 9.86. The Morgan fingerprint density at radius 3 is 1.89 bits per heavy atom. The van der Waals surface area contributed by atoms with E-state index in [4.69, 9.17) is 0 Å². The van der Waals surface area contributed by atoms with Gasteiger partial charge in [-0.2, -0.15) is 18.4 Å². The first-order valence-corrected chi connectivity index (χ1v) is 8.36. The van der Waals surface area contributed by atoms with Crippen LogP contribution in [0.4, 0.5) is 18.9 Å². The van der Waals surface area contributed by atoms with E-state index in [-0.39, 0.29) is 16.7 Å². The largest absolute Gasteiger partial charge is 0.506 e. The zero-order valence-corrected chi connectivity index (χ0v) is 15.6. The first kappa shape index (κ1) is 21.0. The minimum absolute atomic E-state index is 0.0710. The van der Waals surface area contributed by atoms with Gasteiger partial charge in [-0.05, 0) is 35.2 Å². The minimum Gasteiger partial charge on any atom is -0.506 e. The Kier molecular flexibility index (Phi) is 5.84. The van der Waals surface area contributed by atoms with E-state index >= 15 is 0 Å². The number of alkyl halides is 3. The number of nitriles is 1. The molecule has 0 heterocycles. The Morgan fingerprint density at radius 1 is 0.964 bits per heavy atom. The number of halogens is 3. The van der Waals surface area contributed by atoms with Crippen LogP contribution in [0, 0.1) is 11.3 Å². The Hall–Kier alpha value is -3.27. The molecule has 0 aliphatic rings. The second-order valence-electron chi connectivity index (χ2n) is 7.19. The van der Waals surface area contributed by atoms with Crippen molar-refractivity contribution in [2.75, 3.05) is 5.32 Å². The lowest BCUT2D eigenvalue weighted by Gasteiger charge is -2.19. The smallest absolute Gasteiger partial charge is 0.416 e. The van der Waals surface area contributed by atoms with E-state index in [0.29, 0.717) is 0 Å². The molecule has 4 nitrogen and oxygen atoms in total. The summed E-state index contributed by atoms with van der Waals surface area (Å²) in [6.07, 6.45) is -4.49. The standard InChI is InChI=1S/C21H19F3N2O2/c1-20(2,3)14-6-4-13(5-7-14)18(27)17(12-25)19(28)26-16-10-8-15(9-11-16)21(22,23)24/h4-11,27H,1-3H3,(H,26,28). The predicted molar refractivity (Wildman–Crippen MR) is 100 cm³/mol. The number of aliphatic hydroxyl groups excluding tert-OH is 1. The van der Waals surface area contributed by atoms with Crippen molar-refractivity contribution in [1.82, 2.24) is 0 Å². The van der Waals surface area contributed by atoms with E-state index in [9.17, 15) is 28.3 Å². The van der Waals surface area contributed by atoms with Crippen molar-refractivity contribution in [2.45, 2.75) is 32.4 Å². The summed E-state index contributed by atoms with van der Waals surface area (Å²) in [4.78, 5) is 12.3. The van der Waals surface area contributed by atoms with Crippen LogP contribution in [0.15, 0.2) is 54.1 Å². The number of hydrogen-bond donors (Lipinski definition) is 2. The van der Waals surface area contributed by atoms with E-state index in [2.05, 4.69) is 5.32 Å². The van der Waals surface area contributed by atoms with Crippen molar-refractivity contribution in [3.63, 3.8) is 0 Å². The number of nitrogens with one attached hydrogen (secondary N) is 1. The summed E-state index contributed by atoms with van der Waals surface area (Å²) in [5.74, 6) is -1.42. The summed E-state index contributed by atoms with van der Waals surface area (Å²) < 4.78 is 37.8. The van der Waals surface area contributed by atoms with Crippen LogP contribution in [-0.2, 0) is 16.4 Å². The lowest BCUT2D eigenvalue weighted by Crippen LogP contribution is -2.15. The molecule has 0 atom stereocenters. The molecule has 0 fully saturated rings. The van der Waals surface area contributed by atoms with Gasteiger partial charge in [0.25, 0.3) is 5.91 Å². The van der Waals surface area contributed by atoms with Crippen LogP contribution in [0.1, 0.15) is 37.5 Å². The Morgan fingerprint density at radius 2 is 1.46 bits per heavy atom. The second kappa shape index (κ2) is 7.77. The molecular weight excluding hydrogens is 369 g/mol. The summed E-state index contributed by atoms with van der Waals surface area (Å²) in [7, 11) is 0. The van der Waals surface area contributed by atoms with Crippen molar-refractivity contribution >= 4 is 17.4 Å². The molecule has 146 valence electrons. The van der Waals surface area contributed by atoms with Crippen LogP contribution < -0.4 is 5.32 Å². The maximum Gasteiger partial charge on any atom is 0.416 e. The molecule has 0 saturated carbocycles. The third-order valence-corrected chi connectivity index (χ3v) is 4.07. The number of carbonyl (C=O) groups excluding carboxylic acids is 1. The van der Waals surface area contributed by atoms with E-state index in [0.717, 1.165) is 29.8 Å². The number of amides is 1. The molecule has 0 aliphatic heterocycles. The molecule has 7 heteroatoms. The molecular formula is C21H19F3N2O2. The van der Waals surface area contributed by atoms with E-state index < -0.39 is 29.0 Å². The highest BCUT2D eigenvalue weighted by Crippen LogP contribution is 2.30. The van der Waals surface area contributed by atoms with Gasteiger partial charge in [-0.15, -0.1) is 0 Å². The number of carbonyl (C=O) groups is 1. The number of aliphatic hydroxyl groups is 1. The first-order valence-electron chi connectivity index (χ1n) is 8.36. The highest BCUT2D eigenvalue weighted by atomic mass is 19.4. The van der Waals surface area contributed by atoms with Crippen molar-refractivity contribution < 1.29 is 23.1 Å². The molecule has 0 bridgehead atoms. The van der Waals surface area contributed by atoms with E-state index in [1.54, 1.807) is 30.3 Å². The van der Waals surface area contributed by atoms with Crippen LogP contribution in [0.25, 0.3) is 5.76 Å². The molecule has 0 spiro atoms. The fraction of sp³-hybridized carbons (Fsp3) is 0.238. The quantitative estimate of drug-likeness (QED) is 0.418. The minimum atomic E-state index is -4.49. The molecule has 2 aromatic rings. The molecule has 2 rings (SSSR count). The topological polar surface area (TPSA) is 73.1 Å². The van der Waals surface area contributed by atoms with Crippen LogP contribution in [0.5, 0.6) is 0 Å². The summed E-state index contributed by atoms with van der Waals surface area (Å²) in [5.41, 5.74) is -0.132. The van der Waals surface area contributed by atoms with Crippen LogP contribution >= 0.6 is 0 Å². The average Bonchev–Trinajstić information content (AvgIpc) is 2.61. The first-order chi connectivity index (χ1) is 12.9. The third kappa shape index (κ3) is 4.92. The molecule has 2 N–H and O–H groups in total. The molecule has 0 aliphatic carbocycles. The van der Waals surface area contributed by atoms with Gasteiger partial charge < -0.3 is 10.4 Å². The number of benzene rings is 2. The van der Waals surface area contributed by atoms with E-state index in [1.165, 1.54) is 0 Å². The fourth-order valence-corrected chi connectivity index (χ4v) is 2.42. The van der Waals surface area contributed by atoms with Gasteiger partial charge in [0, 0.05) is 11.3 Å². The summed E-state index contributed by atoms with van der Waals surface area (Å²) in [6, 6.07) is 12.2. The summed E-state index contributed by atoms with van der Waals surface area (Å²) in [6.45, 7) is 6.07. The van der Waals surface area contributed by atoms with Gasteiger partial charge in [-0.25, -0.2) is 0 Å². The Bertz CT molecular complexity index is 930. The van der Waals surface area contributed by atoms with Crippen molar-refractivity contribution in [1.29, 1.82) is 5.26 Å². The van der Waals surface area contributed by atoms with Gasteiger partial charge in [0.05, 0.1) is 5.56 Å². The molecule has 0 aromatic heterocycles. The zero-order chi connectivity index (χ0) is 21.1. The molecule has 1 amide bonds. The number of rotatable bonds is 3. The normalized spacial score (nSPS) is 12.8. The van der Waals surface area contributed by atoms with Gasteiger partial charge >= 0.3 is 6.18 Å². The molecule has 0 unspecified atom stereocenters. The maximum atomic E-state index is 12.6. The number of anilines is 1. The number of hydrogen-bond acceptors (Lipinski definition) is 3. The van der Waals surface area contributed by atoms with Gasteiger partial charge in [0.15, 0.2) is 5.57 Å². The molecule has 2 aromatic carbocycles. The van der Waals surface area contributed by atoms with Crippen molar-refractivity contribution in [2.24, 2.45) is 0 Å². The SMILES string of the molecule is CC(C)(C)c1ccc(C(O)=C(C#N)C(=O)Nc2ccc(C(F)(F)F)cc2)cc1. The predicted octanol–water partition coefficient (Wildman–Crippen LogP) is 5.43. The zero-order valence-electron chi connectivity index (χ0n) is 15.6. The summed E-state index contributed by atoms with van der Waals surface area (Å²) in [5, 5.41) is 21.9. The van der Waals surface area contributed by atoms with E-state index in [1.807, 2.05) is 20.8 Å². The third-order valence-electron chi connectivity index (χ3n) is 4.07. The molecule has 0 saturated heterocycles. The highest BCUT2D eigenvalue weighted by Gasteiger charge is 2.30. The van der Waals surface area contributed by atoms with Gasteiger partial charge in [0.2, 0.25) is 0 Å². The molecule has 0 radical (unpaired) electrons. The summed E-state index contributed by atoms with van der Waals surface area (Å²) >= 11 is 0. The lowest BCUT2D eigenvalue weighted by molar-refractivity contribution is -0.137. The van der Waals surface area contributed by atoms with Gasteiger partial charge in [-0.3, -0.25) is 4.79 Å². The maximum absolute atomic E-state index is 12.6. The molecule has 28 heavy (non-hydrogen) atoms. The van der Waals surface area contributed by atoms with Gasteiger partial charge in [0.1, 0.15) is 11.8 Å².